The first-order valence-electron chi connectivity index (χ1n) is 22.5. The standard InChI is InChI=1S/C45H86O6/c1-4-7-10-13-16-19-22-25-28-31-34-37-41(47)45(43(49)40-46,42(48)38-35-32-29-26-23-20-17-14-11-8-5-2)51-44(50)39-36-33-30-27-24-21-18-15-12-9-6-3/h43,46,49H,4-40H2,1-3H3. The Hall–Kier alpha value is -1.27. The van der Waals surface area contributed by atoms with E-state index in [0.717, 1.165) is 57.8 Å². The lowest BCUT2D eigenvalue weighted by Crippen LogP contribution is -2.60. The largest absolute Gasteiger partial charge is 0.440 e. The van der Waals surface area contributed by atoms with Crippen LogP contribution in [0.2, 0.25) is 0 Å². The van der Waals surface area contributed by atoms with E-state index in [1.807, 2.05) is 0 Å². The molecule has 302 valence electrons. The molecule has 0 saturated heterocycles. The van der Waals surface area contributed by atoms with Crippen LogP contribution in [0.5, 0.6) is 0 Å². The highest BCUT2D eigenvalue weighted by molar-refractivity contribution is 6.12. The molecule has 51 heavy (non-hydrogen) atoms. The van der Waals surface area contributed by atoms with Crippen molar-refractivity contribution in [2.24, 2.45) is 0 Å². The average molecular weight is 723 g/mol. The second-order valence-electron chi connectivity index (χ2n) is 15.6. The molecule has 0 aromatic heterocycles. The monoisotopic (exact) mass is 723 g/mol. The number of aliphatic hydroxyl groups is 2. The summed E-state index contributed by atoms with van der Waals surface area (Å²) in [5.74, 6) is -1.74. The van der Waals surface area contributed by atoms with Crippen LogP contribution in [0.3, 0.4) is 0 Å². The molecule has 0 saturated carbocycles. The lowest BCUT2D eigenvalue weighted by atomic mass is 9.82. The molecule has 1 atom stereocenters. The SMILES string of the molecule is CCCCCCCCCCCCCC(=O)OC(C(=O)CCCCCCCCCCCCC)(C(=O)CCCCCCCCCCCCC)C(O)CO. The first kappa shape index (κ1) is 49.7. The highest BCUT2D eigenvalue weighted by atomic mass is 16.6. The summed E-state index contributed by atoms with van der Waals surface area (Å²) in [4.78, 5) is 40.7. The van der Waals surface area contributed by atoms with Gasteiger partial charge in [-0.25, -0.2) is 0 Å². The van der Waals surface area contributed by atoms with E-state index in [2.05, 4.69) is 20.8 Å². The van der Waals surface area contributed by atoms with Gasteiger partial charge in [0.15, 0.2) is 11.6 Å². The van der Waals surface area contributed by atoms with Crippen LogP contribution >= 0.6 is 0 Å². The van der Waals surface area contributed by atoms with Gasteiger partial charge in [-0.3, -0.25) is 14.4 Å². The Balaban J connectivity index is 4.99. The maximum absolute atomic E-state index is 13.8. The van der Waals surface area contributed by atoms with Crippen LogP contribution in [0.1, 0.15) is 252 Å². The van der Waals surface area contributed by atoms with Crippen molar-refractivity contribution in [2.75, 3.05) is 6.61 Å². The fourth-order valence-corrected chi connectivity index (χ4v) is 7.27. The van der Waals surface area contributed by atoms with E-state index in [9.17, 15) is 24.6 Å². The van der Waals surface area contributed by atoms with Crippen molar-refractivity contribution in [1.82, 2.24) is 0 Å². The van der Waals surface area contributed by atoms with E-state index in [0.29, 0.717) is 19.3 Å². The van der Waals surface area contributed by atoms with E-state index in [4.69, 9.17) is 4.74 Å². The molecule has 0 bridgehead atoms. The van der Waals surface area contributed by atoms with Gasteiger partial charge in [-0.15, -0.1) is 0 Å². The Kier molecular flexibility index (Phi) is 36.1. The minimum Gasteiger partial charge on any atom is -0.440 e. The topological polar surface area (TPSA) is 101 Å². The van der Waals surface area contributed by atoms with Crippen molar-refractivity contribution in [1.29, 1.82) is 0 Å². The first-order valence-corrected chi connectivity index (χ1v) is 22.5. The van der Waals surface area contributed by atoms with E-state index in [1.54, 1.807) is 0 Å². The highest BCUT2D eigenvalue weighted by Gasteiger charge is 2.53. The van der Waals surface area contributed by atoms with Crippen molar-refractivity contribution in [2.45, 2.75) is 264 Å². The van der Waals surface area contributed by atoms with Gasteiger partial charge in [-0.05, 0) is 19.3 Å². The van der Waals surface area contributed by atoms with Gasteiger partial charge in [0.1, 0.15) is 6.10 Å². The predicted molar refractivity (Wildman–Crippen MR) is 215 cm³/mol. The Morgan fingerprint density at radius 1 is 0.412 bits per heavy atom. The number of ether oxygens (including phenoxy) is 1. The lowest BCUT2D eigenvalue weighted by molar-refractivity contribution is -0.188. The molecular formula is C45H86O6. The Morgan fingerprint density at radius 2 is 0.647 bits per heavy atom. The van der Waals surface area contributed by atoms with Crippen molar-refractivity contribution < 1.29 is 29.3 Å². The predicted octanol–water partition coefficient (Wildman–Crippen LogP) is 12.9. The summed E-state index contributed by atoms with van der Waals surface area (Å²) in [6, 6.07) is 0. The van der Waals surface area contributed by atoms with Crippen molar-refractivity contribution in [3.8, 4) is 0 Å². The molecule has 0 aromatic carbocycles. The van der Waals surface area contributed by atoms with Crippen LogP contribution in [0.25, 0.3) is 0 Å². The van der Waals surface area contributed by atoms with Crippen molar-refractivity contribution in [3.05, 3.63) is 0 Å². The number of unbranched alkanes of at least 4 members (excludes halogenated alkanes) is 30. The third-order valence-electron chi connectivity index (χ3n) is 10.7. The van der Waals surface area contributed by atoms with Crippen LogP contribution in [0.4, 0.5) is 0 Å². The molecule has 2 N–H and O–H groups in total. The van der Waals surface area contributed by atoms with Crippen LogP contribution < -0.4 is 0 Å². The number of Topliss-reactive ketones (excluding diaryl/α,β-unsaturated/α-hetero) is 2. The molecule has 0 rings (SSSR count). The maximum Gasteiger partial charge on any atom is 0.307 e. The average Bonchev–Trinajstić information content (AvgIpc) is 3.13. The molecule has 0 aliphatic carbocycles. The van der Waals surface area contributed by atoms with Gasteiger partial charge < -0.3 is 14.9 Å². The van der Waals surface area contributed by atoms with Gasteiger partial charge >= 0.3 is 5.97 Å². The number of carbonyl (C=O) groups is 3. The fourth-order valence-electron chi connectivity index (χ4n) is 7.27. The number of esters is 1. The second kappa shape index (κ2) is 37.1. The molecule has 0 aliphatic heterocycles. The molecule has 6 nitrogen and oxygen atoms in total. The molecule has 0 spiro atoms. The van der Waals surface area contributed by atoms with Crippen LogP contribution in [-0.2, 0) is 19.1 Å². The number of rotatable bonds is 41. The van der Waals surface area contributed by atoms with Crippen LogP contribution in [-0.4, -0.2) is 46.1 Å². The van der Waals surface area contributed by atoms with Crippen molar-refractivity contribution in [3.63, 3.8) is 0 Å². The molecule has 0 fully saturated rings. The zero-order valence-electron chi connectivity index (χ0n) is 34.3. The molecule has 0 aromatic rings. The molecule has 1 unspecified atom stereocenters. The molecule has 0 amide bonds. The van der Waals surface area contributed by atoms with Crippen LogP contribution in [0, 0.1) is 0 Å². The lowest BCUT2D eigenvalue weighted by Gasteiger charge is -2.34. The zero-order valence-corrected chi connectivity index (χ0v) is 34.3. The molecule has 0 heterocycles. The van der Waals surface area contributed by atoms with E-state index in [-0.39, 0.29) is 19.3 Å². The van der Waals surface area contributed by atoms with Gasteiger partial charge in [0.05, 0.1) is 6.61 Å². The summed E-state index contributed by atoms with van der Waals surface area (Å²) in [6.07, 6.45) is 36.2. The third kappa shape index (κ3) is 27.0. The van der Waals surface area contributed by atoms with Gasteiger partial charge in [0.25, 0.3) is 5.60 Å². The Bertz CT molecular complexity index is 758. The summed E-state index contributed by atoms with van der Waals surface area (Å²) < 4.78 is 5.76. The molecular weight excluding hydrogens is 636 g/mol. The number of ketones is 2. The van der Waals surface area contributed by atoms with Gasteiger partial charge in [0, 0.05) is 19.3 Å². The highest BCUT2D eigenvalue weighted by Crippen LogP contribution is 2.28. The summed E-state index contributed by atoms with van der Waals surface area (Å²) in [6.45, 7) is 5.90. The van der Waals surface area contributed by atoms with E-state index >= 15 is 0 Å². The fraction of sp³-hybridized carbons (Fsp3) is 0.933. The number of aliphatic hydroxyl groups excluding tert-OH is 2. The smallest absolute Gasteiger partial charge is 0.307 e. The minimum absolute atomic E-state index is 0.0593. The Morgan fingerprint density at radius 3 is 0.902 bits per heavy atom. The van der Waals surface area contributed by atoms with E-state index in [1.165, 1.54) is 135 Å². The van der Waals surface area contributed by atoms with Gasteiger partial charge in [0.2, 0.25) is 0 Å². The summed E-state index contributed by atoms with van der Waals surface area (Å²) in [7, 11) is 0. The number of hydrogen-bond donors (Lipinski definition) is 2. The summed E-state index contributed by atoms with van der Waals surface area (Å²) in [5, 5.41) is 21.0. The van der Waals surface area contributed by atoms with Gasteiger partial charge in [-0.2, -0.15) is 0 Å². The summed E-state index contributed by atoms with van der Waals surface area (Å²) >= 11 is 0. The maximum atomic E-state index is 13.8. The van der Waals surface area contributed by atoms with E-state index < -0.39 is 35.8 Å². The van der Waals surface area contributed by atoms with Gasteiger partial charge in [-0.1, -0.05) is 213 Å². The van der Waals surface area contributed by atoms with Crippen molar-refractivity contribution >= 4 is 17.5 Å². The first-order chi connectivity index (χ1) is 24.9. The summed E-state index contributed by atoms with van der Waals surface area (Å²) in [5.41, 5.74) is -2.30. The zero-order chi connectivity index (χ0) is 37.7. The second-order valence-corrected chi connectivity index (χ2v) is 15.6. The third-order valence-corrected chi connectivity index (χ3v) is 10.7. The minimum atomic E-state index is -2.30. The Labute approximate surface area is 316 Å². The quantitative estimate of drug-likeness (QED) is 0.0370. The number of hydrogen-bond acceptors (Lipinski definition) is 6. The molecule has 0 aliphatic rings. The molecule has 6 heteroatoms. The van der Waals surface area contributed by atoms with Crippen LogP contribution in [0.15, 0.2) is 0 Å². The number of carbonyl (C=O) groups excluding carboxylic acids is 3. The normalized spacial score (nSPS) is 12.3. The molecule has 0 radical (unpaired) electrons.